The number of nitrogen functional groups attached to an aromatic ring is 1. The largest absolute Gasteiger partial charge is 0.497 e. The lowest BCUT2D eigenvalue weighted by atomic mass is 9.99. The van der Waals surface area contributed by atoms with Crippen molar-refractivity contribution >= 4 is 34.7 Å². The molecule has 4 aromatic rings. The maximum Gasteiger partial charge on any atom is 0.255 e. The second-order valence-corrected chi connectivity index (χ2v) is 8.86. The van der Waals surface area contributed by atoms with Gasteiger partial charge in [0.05, 0.1) is 32.7 Å². The predicted octanol–water partition coefficient (Wildman–Crippen LogP) is 6.67. The molecule has 4 aromatic carbocycles. The van der Waals surface area contributed by atoms with Gasteiger partial charge in [-0.05, 0) is 79.6 Å². The standard InChI is InChI=1S/C19H20O4.C14H14N2O/c1-13(20)17(15-6-8-16(21-2)9-7-15)11-14-5-10-18(22-3)19(12-14)23-4;1-10-6-8-11(9-7-10)14(17)16-13-5-3-2-4-12(13)15/h5-12H,1-4H3;2-9H,15H2,1H3,(H,16,17)/b17-11-;. The van der Waals surface area contributed by atoms with Crippen LogP contribution in [-0.2, 0) is 4.79 Å². The van der Waals surface area contributed by atoms with Crippen LogP contribution in [0.15, 0.2) is 91.0 Å². The lowest BCUT2D eigenvalue weighted by molar-refractivity contribution is -0.111. The highest BCUT2D eigenvalue weighted by molar-refractivity contribution is 6.24. The van der Waals surface area contributed by atoms with E-state index < -0.39 is 0 Å². The zero-order valence-corrected chi connectivity index (χ0v) is 23.4. The summed E-state index contributed by atoms with van der Waals surface area (Å²) in [6.07, 6.45) is 1.84. The smallest absolute Gasteiger partial charge is 0.255 e. The molecule has 0 aromatic heterocycles. The molecule has 0 atom stereocenters. The Morgan fingerprint density at radius 3 is 1.95 bits per heavy atom. The molecule has 0 aliphatic carbocycles. The van der Waals surface area contributed by atoms with Crippen LogP contribution in [0.4, 0.5) is 11.4 Å². The van der Waals surface area contributed by atoms with Gasteiger partial charge < -0.3 is 25.3 Å². The van der Waals surface area contributed by atoms with Crippen molar-refractivity contribution in [1.82, 2.24) is 0 Å². The number of allylic oxidation sites excluding steroid dienone is 1. The van der Waals surface area contributed by atoms with E-state index in [9.17, 15) is 9.59 Å². The molecule has 0 saturated carbocycles. The molecule has 0 saturated heterocycles. The summed E-state index contributed by atoms with van der Waals surface area (Å²) in [6, 6.07) is 27.5. The molecule has 40 heavy (non-hydrogen) atoms. The van der Waals surface area contributed by atoms with Crippen LogP contribution < -0.4 is 25.3 Å². The Morgan fingerprint density at radius 1 is 0.750 bits per heavy atom. The number of hydrogen-bond donors (Lipinski definition) is 2. The number of para-hydroxylation sites is 2. The highest BCUT2D eigenvalue weighted by Gasteiger charge is 2.10. The van der Waals surface area contributed by atoms with Crippen molar-refractivity contribution in [3.8, 4) is 17.2 Å². The topological polar surface area (TPSA) is 99.9 Å². The molecule has 0 heterocycles. The van der Waals surface area contributed by atoms with E-state index in [2.05, 4.69) is 5.32 Å². The van der Waals surface area contributed by atoms with Crippen LogP contribution in [0.25, 0.3) is 11.6 Å². The van der Waals surface area contributed by atoms with Gasteiger partial charge in [0, 0.05) is 11.1 Å². The number of aryl methyl sites for hydroxylation is 1. The van der Waals surface area contributed by atoms with Crippen LogP contribution in [0, 0.1) is 6.92 Å². The molecule has 3 N–H and O–H groups in total. The van der Waals surface area contributed by atoms with E-state index in [1.54, 1.807) is 52.5 Å². The van der Waals surface area contributed by atoms with Gasteiger partial charge in [0.15, 0.2) is 17.3 Å². The van der Waals surface area contributed by atoms with Crippen molar-refractivity contribution in [2.24, 2.45) is 0 Å². The number of benzene rings is 4. The van der Waals surface area contributed by atoms with Crippen LogP contribution in [0.3, 0.4) is 0 Å². The molecule has 7 nitrogen and oxygen atoms in total. The number of ether oxygens (including phenoxy) is 3. The number of nitrogens with one attached hydrogen (secondary N) is 1. The van der Waals surface area contributed by atoms with Gasteiger partial charge in [0.1, 0.15) is 5.75 Å². The zero-order valence-electron chi connectivity index (χ0n) is 23.4. The molecule has 1 amide bonds. The Labute approximate surface area is 235 Å². The van der Waals surface area contributed by atoms with Gasteiger partial charge >= 0.3 is 0 Å². The minimum Gasteiger partial charge on any atom is -0.497 e. The van der Waals surface area contributed by atoms with Gasteiger partial charge in [-0.15, -0.1) is 0 Å². The lowest BCUT2D eigenvalue weighted by Gasteiger charge is -2.09. The average molecular weight is 539 g/mol. The van der Waals surface area contributed by atoms with Crippen molar-refractivity contribution in [1.29, 1.82) is 0 Å². The van der Waals surface area contributed by atoms with Crippen molar-refractivity contribution in [3.05, 3.63) is 113 Å². The lowest BCUT2D eigenvalue weighted by Crippen LogP contribution is -2.12. The van der Waals surface area contributed by atoms with Gasteiger partial charge in [-0.1, -0.05) is 48.0 Å². The number of anilines is 2. The molecule has 4 rings (SSSR count). The first-order chi connectivity index (χ1) is 19.2. The second kappa shape index (κ2) is 14.2. The summed E-state index contributed by atoms with van der Waals surface area (Å²) in [5.74, 6) is 1.87. The fourth-order valence-corrected chi connectivity index (χ4v) is 3.78. The molecule has 0 radical (unpaired) electrons. The quantitative estimate of drug-likeness (QED) is 0.148. The average Bonchev–Trinajstić information content (AvgIpc) is 2.97. The van der Waals surface area contributed by atoms with E-state index in [-0.39, 0.29) is 11.7 Å². The Morgan fingerprint density at radius 2 is 1.38 bits per heavy atom. The highest BCUT2D eigenvalue weighted by Crippen LogP contribution is 2.30. The normalized spacial score (nSPS) is 10.6. The van der Waals surface area contributed by atoms with Crippen molar-refractivity contribution < 1.29 is 23.8 Å². The summed E-state index contributed by atoms with van der Waals surface area (Å²) in [5, 5.41) is 2.78. The minimum atomic E-state index is -0.150. The third-order valence-electron chi connectivity index (χ3n) is 6.02. The van der Waals surface area contributed by atoms with E-state index >= 15 is 0 Å². The summed E-state index contributed by atoms with van der Waals surface area (Å²) >= 11 is 0. The monoisotopic (exact) mass is 538 g/mol. The number of ketones is 1. The summed E-state index contributed by atoms with van der Waals surface area (Å²) in [4.78, 5) is 23.9. The number of carbonyl (C=O) groups excluding carboxylic acids is 2. The number of hydrogen-bond acceptors (Lipinski definition) is 6. The van der Waals surface area contributed by atoms with Crippen LogP contribution in [0.5, 0.6) is 17.2 Å². The number of amides is 1. The molecule has 0 spiro atoms. The third kappa shape index (κ3) is 7.98. The number of rotatable bonds is 8. The molecule has 206 valence electrons. The van der Waals surface area contributed by atoms with E-state index in [1.807, 2.05) is 79.7 Å². The first-order valence-corrected chi connectivity index (χ1v) is 12.6. The summed E-state index contributed by atoms with van der Waals surface area (Å²) in [6.45, 7) is 3.54. The van der Waals surface area contributed by atoms with Crippen LogP contribution in [-0.4, -0.2) is 33.0 Å². The molecule has 7 heteroatoms. The fraction of sp³-hybridized carbons (Fsp3) is 0.152. The fourth-order valence-electron chi connectivity index (χ4n) is 3.78. The molecule has 0 aliphatic heterocycles. The van der Waals surface area contributed by atoms with Gasteiger partial charge in [0.2, 0.25) is 0 Å². The zero-order chi connectivity index (χ0) is 29.1. The van der Waals surface area contributed by atoms with Crippen molar-refractivity contribution in [2.45, 2.75) is 13.8 Å². The van der Waals surface area contributed by atoms with E-state index in [0.29, 0.717) is 34.0 Å². The predicted molar refractivity (Wildman–Crippen MR) is 161 cm³/mol. The number of nitrogens with two attached hydrogens (primary N) is 1. The Bertz CT molecular complexity index is 1480. The third-order valence-corrected chi connectivity index (χ3v) is 6.02. The summed E-state index contributed by atoms with van der Waals surface area (Å²) in [7, 11) is 4.78. The van der Waals surface area contributed by atoms with Crippen LogP contribution in [0.1, 0.15) is 34.0 Å². The number of carbonyl (C=O) groups is 2. The summed E-state index contributed by atoms with van der Waals surface area (Å²) in [5.41, 5.74) is 11.0. The van der Waals surface area contributed by atoms with Crippen LogP contribution in [0.2, 0.25) is 0 Å². The molecule has 0 bridgehead atoms. The maximum atomic E-state index is 12.0. The SMILES string of the molecule is COc1ccc(/C(=C\c2ccc(OC)c(OC)c2)C(C)=O)cc1.Cc1ccc(C(=O)Nc2ccccc2N)cc1. The van der Waals surface area contributed by atoms with E-state index in [1.165, 1.54) is 0 Å². The van der Waals surface area contributed by atoms with Gasteiger partial charge in [0.25, 0.3) is 5.91 Å². The molecular formula is C33H34N2O5. The number of Topliss-reactive ketones (excluding diaryl/α,β-unsaturated/α-hetero) is 1. The van der Waals surface area contributed by atoms with Gasteiger partial charge in [-0.3, -0.25) is 9.59 Å². The highest BCUT2D eigenvalue weighted by atomic mass is 16.5. The Hall–Kier alpha value is -5.04. The first kappa shape index (κ1) is 29.5. The van der Waals surface area contributed by atoms with Gasteiger partial charge in [-0.2, -0.15) is 0 Å². The van der Waals surface area contributed by atoms with E-state index in [4.69, 9.17) is 19.9 Å². The molecule has 0 fully saturated rings. The Balaban J connectivity index is 0.000000230. The number of methoxy groups -OCH3 is 3. The molecule has 0 unspecified atom stereocenters. The molecule has 0 aliphatic rings. The van der Waals surface area contributed by atoms with Gasteiger partial charge in [-0.25, -0.2) is 0 Å². The van der Waals surface area contributed by atoms with Crippen molar-refractivity contribution in [3.63, 3.8) is 0 Å². The minimum absolute atomic E-state index is 0.00930. The summed E-state index contributed by atoms with van der Waals surface area (Å²) < 4.78 is 15.7. The Kier molecular flexibility index (Phi) is 10.5. The second-order valence-electron chi connectivity index (χ2n) is 8.86. The van der Waals surface area contributed by atoms with Crippen molar-refractivity contribution in [2.75, 3.05) is 32.4 Å². The maximum absolute atomic E-state index is 12.0. The first-order valence-electron chi connectivity index (χ1n) is 12.6. The van der Waals surface area contributed by atoms with E-state index in [0.717, 1.165) is 22.4 Å². The van der Waals surface area contributed by atoms with Crippen LogP contribution >= 0.6 is 0 Å². The molecular weight excluding hydrogens is 504 g/mol.